The predicted molar refractivity (Wildman–Crippen MR) is 112 cm³/mol. The van der Waals surface area contributed by atoms with Crippen LogP contribution in [0.3, 0.4) is 0 Å². The van der Waals surface area contributed by atoms with Gasteiger partial charge in [-0.15, -0.1) is 23.1 Å². The highest BCUT2D eigenvalue weighted by atomic mass is 32.2. The number of hydrogen-bond acceptors (Lipinski definition) is 4. The first-order valence-electron chi connectivity index (χ1n) is 9.15. The molecular formula is C22H22N3S2+. The molecule has 0 radical (unpaired) electrons. The average Bonchev–Trinajstić information content (AvgIpc) is 3.20. The Morgan fingerprint density at radius 3 is 2.78 bits per heavy atom. The Morgan fingerprint density at radius 2 is 2.07 bits per heavy atom. The number of pyridine rings is 1. The second kappa shape index (κ2) is 7.85. The molecule has 0 bridgehead atoms. The zero-order chi connectivity index (χ0) is 18.8. The van der Waals surface area contributed by atoms with Crippen molar-refractivity contribution in [3.8, 4) is 16.5 Å². The molecule has 1 aliphatic rings. The van der Waals surface area contributed by atoms with E-state index in [1.807, 2.05) is 0 Å². The van der Waals surface area contributed by atoms with Gasteiger partial charge < -0.3 is 4.90 Å². The maximum absolute atomic E-state index is 9.99. The first-order chi connectivity index (χ1) is 13.2. The number of nitrogens with zero attached hydrogens (tertiary/aromatic N) is 2. The van der Waals surface area contributed by atoms with Gasteiger partial charge in [-0.25, -0.2) is 4.98 Å². The lowest BCUT2D eigenvalue weighted by Crippen LogP contribution is -3.08. The summed E-state index contributed by atoms with van der Waals surface area (Å²) in [7, 11) is 2.22. The monoisotopic (exact) mass is 392 g/mol. The van der Waals surface area contributed by atoms with E-state index in [0.29, 0.717) is 0 Å². The molecule has 136 valence electrons. The molecule has 27 heavy (non-hydrogen) atoms. The van der Waals surface area contributed by atoms with Crippen molar-refractivity contribution in [3.05, 3.63) is 69.7 Å². The number of likely N-dealkylation sites (N-methyl/N-ethyl adjacent to an activating group) is 1. The van der Waals surface area contributed by atoms with E-state index in [0.717, 1.165) is 41.4 Å². The number of benzene rings is 1. The Labute approximate surface area is 168 Å². The van der Waals surface area contributed by atoms with Gasteiger partial charge in [-0.2, -0.15) is 5.26 Å². The van der Waals surface area contributed by atoms with Crippen LogP contribution in [-0.2, 0) is 18.7 Å². The molecule has 0 saturated carbocycles. The van der Waals surface area contributed by atoms with E-state index < -0.39 is 0 Å². The van der Waals surface area contributed by atoms with Crippen molar-refractivity contribution in [1.29, 1.82) is 5.26 Å². The van der Waals surface area contributed by atoms with Crippen LogP contribution < -0.4 is 4.90 Å². The van der Waals surface area contributed by atoms with Gasteiger partial charge in [-0.3, -0.25) is 0 Å². The van der Waals surface area contributed by atoms with E-state index >= 15 is 0 Å². The molecule has 0 fully saturated rings. The van der Waals surface area contributed by atoms with Crippen molar-refractivity contribution in [3.63, 3.8) is 0 Å². The van der Waals surface area contributed by atoms with Crippen molar-refractivity contribution in [2.24, 2.45) is 0 Å². The number of nitriles is 1. The Kier molecular flexibility index (Phi) is 5.31. The van der Waals surface area contributed by atoms with Crippen LogP contribution in [0.4, 0.5) is 0 Å². The molecule has 1 unspecified atom stereocenters. The van der Waals surface area contributed by atoms with E-state index in [1.165, 1.54) is 32.2 Å². The summed E-state index contributed by atoms with van der Waals surface area (Å²) >= 11 is 3.39. The first kappa shape index (κ1) is 18.2. The van der Waals surface area contributed by atoms with Crippen LogP contribution >= 0.6 is 23.1 Å². The number of quaternary nitrogens is 1. The number of nitrogens with one attached hydrogen (secondary N) is 1. The van der Waals surface area contributed by atoms with Gasteiger partial charge in [0.1, 0.15) is 17.6 Å². The van der Waals surface area contributed by atoms with Crippen LogP contribution in [0.1, 0.15) is 27.9 Å². The summed E-state index contributed by atoms with van der Waals surface area (Å²) in [6.45, 7) is 4.13. The summed E-state index contributed by atoms with van der Waals surface area (Å²) in [6.07, 6.45) is 0.976. The minimum Gasteiger partial charge on any atom is -0.333 e. The average molecular weight is 393 g/mol. The maximum Gasteiger partial charge on any atom is 0.115 e. The van der Waals surface area contributed by atoms with Crippen LogP contribution in [0.25, 0.3) is 10.4 Å². The number of aromatic nitrogens is 1. The van der Waals surface area contributed by atoms with Crippen LogP contribution in [0.2, 0.25) is 0 Å². The van der Waals surface area contributed by atoms with Crippen molar-refractivity contribution in [2.75, 3.05) is 13.6 Å². The highest BCUT2D eigenvalue weighted by Crippen LogP contribution is 2.38. The molecule has 2 aromatic heterocycles. The van der Waals surface area contributed by atoms with Crippen LogP contribution in [-0.4, -0.2) is 18.6 Å². The third-order valence-corrected chi connectivity index (χ3v) is 6.93. The summed E-state index contributed by atoms with van der Waals surface area (Å²) < 4.78 is 0. The third-order valence-electron chi connectivity index (χ3n) is 4.99. The molecule has 0 spiro atoms. The van der Waals surface area contributed by atoms with Crippen LogP contribution in [0, 0.1) is 18.3 Å². The quantitative estimate of drug-likeness (QED) is 0.686. The number of thioether (sulfide) groups is 1. The fourth-order valence-electron chi connectivity index (χ4n) is 3.50. The molecule has 1 aliphatic heterocycles. The molecule has 0 aliphatic carbocycles. The largest absolute Gasteiger partial charge is 0.333 e. The maximum atomic E-state index is 9.99. The molecular weight excluding hydrogens is 370 g/mol. The Balaban J connectivity index is 1.76. The van der Waals surface area contributed by atoms with Crippen molar-refractivity contribution in [2.45, 2.75) is 30.7 Å². The lowest BCUT2D eigenvalue weighted by atomic mass is 9.96. The highest BCUT2D eigenvalue weighted by molar-refractivity contribution is 7.98. The molecule has 1 N–H and O–H groups in total. The zero-order valence-corrected chi connectivity index (χ0v) is 17.2. The molecule has 1 aromatic carbocycles. The van der Waals surface area contributed by atoms with E-state index in [-0.39, 0.29) is 0 Å². The van der Waals surface area contributed by atoms with Gasteiger partial charge in [0.2, 0.25) is 0 Å². The summed E-state index contributed by atoms with van der Waals surface area (Å²) in [5.74, 6) is 0.829. The second-order valence-electron chi connectivity index (χ2n) is 7.09. The van der Waals surface area contributed by atoms with Gasteiger partial charge in [0.25, 0.3) is 0 Å². The van der Waals surface area contributed by atoms with Gasteiger partial charge in [0.15, 0.2) is 0 Å². The normalized spacial score (nSPS) is 16.0. The second-order valence-corrected chi connectivity index (χ2v) is 9.00. The molecule has 0 saturated heterocycles. The Morgan fingerprint density at radius 1 is 1.26 bits per heavy atom. The fourth-order valence-corrected chi connectivity index (χ4v) is 5.27. The number of aryl methyl sites for hydroxylation is 1. The number of hydrogen-bond donors (Lipinski definition) is 1. The standard InChI is InChI=1S/C22H21N3S2/c1-15-5-7-16(8-6-15)14-27-22-17(12-23)21(20-4-3-11-26-20)18-13-25(2)10-9-19(18)24-22/h3-8,11H,9-10,13-14H2,1-2H3/p+1. The lowest BCUT2D eigenvalue weighted by Gasteiger charge is -2.25. The SMILES string of the molecule is Cc1ccc(CSc2nc3c(c(-c4cccs4)c2C#N)C[NH+](C)CC3)cc1. The van der Waals surface area contributed by atoms with E-state index in [1.54, 1.807) is 23.1 Å². The van der Waals surface area contributed by atoms with Crippen molar-refractivity contribution >= 4 is 23.1 Å². The number of rotatable bonds is 4. The zero-order valence-electron chi connectivity index (χ0n) is 15.6. The van der Waals surface area contributed by atoms with Crippen LogP contribution in [0.5, 0.6) is 0 Å². The van der Waals surface area contributed by atoms with Crippen molar-refractivity contribution in [1.82, 2.24) is 4.98 Å². The van der Waals surface area contributed by atoms with E-state index in [4.69, 9.17) is 4.98 Å². The predicted octanol–water partition coefficient (Wildman–Crippen LogP) is 3.85. The first-order valence-corrected chi connectivity index (χ1v) is 11.0. The van der Waals surface area contributed by atoms with Gasteiger partial charge in [0, 0.05) is 28.2 Å². The number of fused-ring (bicyclic) bond motifs is 1. The van der Waals surface area contributed by atoms with E-state index in [2.05, 4.69) is 61.8 Å². The molecule has 3 nitrogen and oxygen atoms in total. The summed E-state index contributed by atoms with van der Waals surface area (Å²) in [6, 6.07) is 15.3. The minimum atomic E-state index is 0.739. The molecule has 5 heteroatoms. The van der Waals surface area contributed by atoms with Crippen molar-refractivity contribution < 1.29 is 4.90 Å². The Hall–Kier alpha value is -2.13. The third kappa shape index (κ3) is 3.79. The molecule has 3 heterocycles. The van der Waals surface area contributed by atoms with E-state index in [9.17, 15) is 5.26 Å². The molecule has 1 atom stereocenters. The topological polar surface area (TPSA) is 41.1 Å². The minimum absolute atomic E-state index is 0.739. The summed E-state index contributed by atoms with van der Waals surface area (Å²) in [4.78, 5) is 7.61. The van der Waals surface area contributed by atoms with Gasteiger partial charge >= 0.3 is 0 Å². The lowest BCUT2D eigenvalue weighted by molar-refractivity contribution is -0.895. The molecule has 4 rings (SSSR count). The van der Waals surface area contributed by atoms with Gasteiger partial charge in [0.05, 0.1) is 24.8 Å². The van der Waals surface area contributed by atoms with Crippen LogP contribution in [0.15, 0.2) is 46.8 Å². The highest BCUT2D eigenvalue weighted by Gasteiger charge is 2.27. The van der Waals surface area contributed by atoms with Gasteiger partial charge in [-0.05, 0) is 23.9 Å². The number of thiophene rings is 1. The Bertz CT molecular complexity index is 986. The van der Waals surface area contributed by atoms with Gasteiger partial charge in [-0.1, -0.05) is 35.9 Å². The summed E-state index contributed by atoms with van der Waals surface area (Å²) in [5.41, 5.74) is 6.81. The molecule has 3 aromatic rings. The fraction of sp³-hybridized carbons (Fsp3) is 0.273. The smallest absolute Gasteiger partial charge is 0.115 e. The molecule has 0 amide bonds. The summed E-state index contributed by atoms with van der Waals surface area (Å²) in [5, 5.41) is 13.0.